The Morgan fingerprint density at radius 1 is 1.03 bits per heavy atom. The topological polar surface area (TPSA) is 111 Å². The van der Waals surface area contributed by atoms with Crippen molar-refractivity contribution >= 4 is 17.4 Å². The first-order chi connectivity index (χ1) is 15.6. The summed E-state index contributed by atoms with van der Waals surface area (Å²) in [5.74, 6) is -0.443. The molecular formula is C22H19F3N4O4. The van der Waals surface area contributed by atoms with Crippen LogP contribution in [-0.4, -0.2) is 17.3 Å². The molecule has 1 unspecified atom stereocenters. The molecular weight excluding hydrogens is 441 g/mol. The van der Waals surface area contributed by atoms with Crippen molar-refractivity contribution in [3.8, 4) is 5.75 Å². The number of carbonyl (C=O) groups excluding carboxylic acids is 1. The second kappa shape index (κ2) is 10.0. The van der Waals surface area contributed by atoms with Crippen LogP contribution in [0.3, 0.4) is 0 Å². The maximum Gasteiger partial charge on any atom is 0.573 e. The van der Waals surface area contributed by atoms with E-state index >= 15 is 0 Å². The third-order valence-electron chi connectivity index (χ3n) is 4.62. The molecule has 0 aromatic heterocycles. The largest absolute Gasteiger partial charge is 0.573 e. The van der Waals surface area contributed by atoms with Gasteiger partial charge in [0.2, 0.25) is 0 Å². The van der Waals surface area contributed by atoms with E-state index in [4.69, 9.17) is 5.73 Å². The van der Waals surface area contributed by atoms with Gasteiger partial charge >= 0.3 is 12.4 Å². The lowest BCUT2D eigenvalue weighted by atomic mass is 9.99. The normalized spacial score (nSPS) is 12.1. The molecule has 0 heterocycles. The van der Waals surface area contributed by atoms with Gasteiger partial charge in [0.25, 0.3) is 5.69 Å². The summed E-state index contributed by atoms with van der Waals surface area (Å²) in [6.45, 7) is 0. The number of urea groups is 1. The molecule has 0 fully saturated rings. The van der Waals surface area contributed by atoms with E-state index in [1.54, 1.807) is 24.3 Å². The summed E-state index contributed by atoms with van der Waals surface area (Å²) >= 11 is 0. The Hall–Kier alpha value is -4.12. The van der Waals surface area contributed by atoms with E-state index in [0.29, 0.717) is 6.42 Å². The molecule has 1 atom stereocenters. The fourth-order valence-electron chi connectivity index (χ4n) is 3.13. The van der Waals surface area contributed by atoms with Gasteiger partial charge in [-0.1, -0.05) is 42.5 Å². The third-order valence-corrected chi connectivity index (χ3v) is 4.62. The standard InChI is InChI=1S/C22H19F3N4O4/c23-22(24,25)33-19-12-10-17(11-13-19)28(21(26)30)27-20(16-4-2-1-3-5-16)14-15-6-8-18(9-7-15)29(31)32/h1-13,20,27H,14H2,(H2,26,30). The molecule has 3 N–H and O–H groups in total. The molecule has 3 aromatic rings. The summed E-state index contributed by atoms with van der Waals surface area (Å²) in [4.78, 5) is 22.5. The number of nitrogens with two attached hydrogens (primary N) is 1. The Bertz CT molecular complexity index is 1090. The summed E-state index contributed by atoms with van der Waals surface area (Å²) < 4.78 is 41.1. The van der Waals surface area contributed by atoms with Gasteiger partial charge in [-0.2, -0.15) is 0 Å². The van der Waals surface area contributed by atoms with Gasteiger partial charge in [-0.3, -0.25) is 10.1 Å². The molecule has 3 aromatic carbocycles. The van der Waals surface area contributed by atoms with Gasteiger partial charge in [0.1, 0.15) is 5.75 Å². The van der Waals surface area contributed by atoms with E-state index in [-0.39, 0.29) is 11.4 Å². The number of amides is 2. The van der Waals surface area contributed by atoms with Gasteiger partial charge in [-0.25, -0.2) is 15.2 Å². The highest BCUT2D eigenvalue weighted by Gasteiger charge is 2.31. The van der Waals surface area contributed by atoms with Crippen LogP contribution >= 0.6 is 0 Å². The average Bonchev–Trinajstić information content (AvgIpc) is 2.77. The van der Waals surface area contributed by atoms with Crippen molar-refractivity contribution in [2.24, 2.45) is 5.73 Å². The van der Waals surface area contributed by atoms with Gasteiger partial charge in [0.05, 0.1) is 16.7 Å². The van der Waals surface area contributed by atoms with Crippen molar-refractivity contribution in [1.82, 2.24) is 5.43 Å². The Balaban J connectivity index is 1.86. The van der Waals surface area contributed by atoms with Crippen molar-refractivity contribution < 1.29 is 27.6 Å². The zero-order valence-electron chi connectivity index (χ0n) is 17.0. The summed E-state index contributed by atoms with van der Waals surface area (Å²) in [6.07, 6.45) is -4.51. The van der Waals surface area contributed by atoms with Gasteiger partial charge in [-0.05, 0) is 41.8 Å². The Labute approximate surface area is 186 Å². The van der Waals surface area contributed by atoms with Crippen molar-refractivity contribution in [3.63, 3.8) is 0 Å². The van der Waals surface area contributed by atoms with E-state index in [0.717, 1.165) is 28.3 Å². The number of anilines is 1. The molecule has 0 saturated heterocycles. The van der Waals surface area contributed by atoms with Crippen LogP contribution in [0.25, 0.3) is 0 Å². The molecule has 0 radical (unpaired) electrons. The van der Waals surface area contributed by atoms with Crippen LogP contribution in [0.2, 0.25) is 0 Å². The monoisotopic (exact) mass is 460 g/mol. The van der Waals surface area contributed by atoms with Gasteiger partial charge in [0.15, 0.2) is 0 Å². The van der Waals surface area contributed by atoms with E-state index in [2.05, 4.69) is 10.2 Å². The van der Waals surface area contributed by atoms with Crippen LogP contribution < -0.4 is 20.9 Å². The zero-order valence-corrected chi connectivity index (χ0v) is 17.0. The second-order valence-electron chi connectivity index (χ2n) is 6.94. The van der Waals surface area contributed by atoms with E-state index in [9.17, 15) is 28.1 Å². The number of primary amides is 1. The number of alkyl halides is 3. The summed E-state index contributed by atoms with van der Waals surface area (Å²) in [6, 6.07) is 18.3. The SMILES string of the molecule is NC(=O)N(NC(Cc1ccc([N+](=O)[O-])cc1)c1ccccc1)c1ccc(OC(F)(F)F)cc1. The number of benzene rings is 3. The van der Waals surface area contributed by atoms with Gasteiger partial charge in [0, 0.05) is 12.1 Å². The van der Waals surface area contributed by atoms with Gasteiger partial charge < -0.3 is 10.5 Å². The van der Waals surface area contributed by atoms with Crippen LogP contribution in [0.5, 0.6) is 5.75 Å². The van der Waals surface area contributed by atoms with E-state index < -0.39 is 29.1 Å². The number of halogens is 3. The van der Waals surface area contributed by atoms with Crippen molar-refractivity contribution in [2.75, 3.05) is 5.01 Å². The molecule has 8 nitrogen and oxygen atoms in total. The molecule has 0 aliphatic carbocycles. The molecule has 0 aliphatic rings. The van der Waals surface area contributed by atoms with Crippen LogP contribution in [0, 0.1) is 10.1 Å². The Morgan fingerprint density at radius 2 is 1.64 bits per heavy atom. The number of nitrogens with one attached hydrogen (secondary N) is 1. The summed E-state index contributed by atoms with van der Waals surface area (Å²) in [5, 5.41) is 11.9. The number of nitro groups is 1. The number of carbonyl (C=O) groups is 1. The smallest absolute Gasteiger partial charge is 0.406 e. The molecule has 172 valence electrons. The highest BCUT2D eigenvalue weighted by atomic mass is 19.4. The van der Waals surface area contributed by atoms with Gasteiger partial charge in [-0.15, -0.1) is 13.2 Å². The molecule has 33 heavy (non-hydrogen) atoms. The quantitative estimate of drug-likeness (QED) is 0.368. The minimum atomic E-state index is -4.84. The van der Waals surface area contributed by atoms with Crippen LogP contribution in [0.15, 0.2) is 78.9 Å². The zero-order chi connectivity index (χ0) is 24.0. The minimum Gasteiger partial charge on any atom is -0.406 e. The van der Waals surface area contributed by atoms with E-state index in [1.807, 2.05) is 18.2 Å². The molecule has 3 rings (SSSR count). The average molecular weight is 460 g/mol. The first kappa shape index (κ1) is 23.5. The minimum absolute atomic E-state index is 0.0529. The molecule has 11 heteroatoms. The lowest BCUT2D eigenvalue weighted by molar-refractivity contribution is -0.384. The van der Waals surface area contributed by atoms with Crippen LogP contribution in [-0.2, 0) is 6.42 Å². The number of rotatable bonds is 8. The lowest BCUT2D eigenvalue weighted by Crippen LogP contribution is -2.48. The third kappa shape index (κ3) is 6.68. The fourth-order valence-corrected chi connectivity index (χ4v) is 3.13. The maximum absolute atomic E-state index is 12.4. The molecule has 0 aliphatic heterocycles. The summed E-state index contributed by atoms with van der Waals surface area (Å²) in [5.41, 5.74) is 10.2. The number of non-ortho nitro benzene ring substituents is 1. The number of nitro benzene ring substituents is 1. The molecule has 0 saturated carbocycles. The van der Waals surface area contributed by atoms with Crippen molar-refractivity contribution in [3.05, 3.63) is 100 Å². The van der Waals surface area contributed by atoms with Crippen molar-refractivity contribution in [2.45, 2.75) is 18.8 Å². The summed E-state index contributed by atoms with van der Waals surface area (Å²) in [7, 11) is 0. The first-order valence-electron chi connectivity index (χ1n) is 9.62. The Morgan fingerprint density at radius 3 is 2.15 bits per heavy atom. The Kier molecular flexibility index (Phi) is 7.13. The first-order valence-corrected chi connectivity index (χ1v) is 9.62. The molecule has 0 bridgehead atoms. The molecule has 0 spiro atoms. The van der Waals surface area contributed by atoms with Crippen LogP contribution in [0.4, 0.5) is 29.3 Å². The second-order valence-corrected chi connectivity index (χ2v) is 6.94. The molecule has 2 amide bonds. The number of nitrogens with zero attached hydrogens (tertiary/aromatic N) is 2. The number of ether oxygens (including phenoxy) is 1. The predicted molar refractivity (Wildman–Crippen MR) is 114 cm³/mol. The van der Waals surface area contributed by atoms with E-state index in [1.165, 1.54) is 24.3 Å². The van der Waals surface area contributed by atoms with Crippen molar-refractivity contribution in [1.29, 1.82) is 0 Å². The van der Waals surface area contributed by atoms with Crippen LogP contribution in [0.1, 0.15) is 17.2 Å². The highest BCUT2D eigenvalue weighted by Crippen LogP contribution is 2.27. The number of hydrogen-bond acceptors (Lipinski definition) is 5. The lowest BCUT2D eigenvalue weighted by Gasteiger charge is -2.28. The number of hydrogen-bond donors (Lipinski definition) is 2. The predicted octanol–water partition coefficient (Wildman–Crippen LogP) is 4.87. The number of hydrazine groups is 1. The maximum atomic E-state index is 12.4. The highest BCUT2D eigenvalue weighted by molar-refractivity contribution is 5.89. The fraction of sp³-hybridized carbons (Fsp3) is 0.136.